The summed E-state index contributed by atoms with van der Waals surface area (Å²) in [5.41, 5.74) is 2.10. The van der Waals surface area contributed by atoms with E-state index >= 15 is 0 Å². The minimum Gasteiger partial charge on any atom is -0.337 e. The number of rotatable bonds is 2. The summed E-state index contributed by atoms with van der Waals surface area (Å²) in [5.74, 6) is 0.132. The van der Waals surface area contributed by atoms with E-state index < -0.39 is 0 Å². The molecule has 1 unspecified atom stereocenters. The zero-order valence-electron chi connectivity index (χ0n) is 14.6. The number of fused-ring (bicyclic) bond motifs is 1. The fourth-order valence-electron chi connectivity index (χ4n) is 3.63. The Kier molecular flexibility index (Phi) is 5.92. The van der Waals surface area contributed by atoms with Gasteiger partial charge >= 0.3 is 0 Å². The number of carbonyl (C=O) groups is 1. The van der Waals surface area contributed by atoms with Crippen molar-refractivity contribution in [2.24, 2.45) is 0 Å². The first-order valence-electron chi connectivity index (χ1n) is 8.88. The molecule has 0 radical (unpaired) electrons. The van der Waals surface area contributed by atoms with Crippen molar-refractivity contribution in [1.82, 2.24) is 10.2 Å². The summed E-state index contributed by atoms with van der Waals surface area (Å²) >= 11 is 0. The number of carbonyl (C=O) groups excluding carboxylic acids is 1. The predicted molar refractivity (Wildman–Crippen MR) is 109 cm³/mol. The van der Waals surface area contributed by atoms with Gasteiger partial charge in [-0.3, -0.25) is 4.79 Å². The number of benzene rings is 3. The third-order valence-electron chi connectivity index (χ3n) is 4.97. The molecule has 0 spiro atoms. The SMILES string of the molecule is Cl.O=C(c1cccc2ccccc12)N1CCNC(c2ccccc2)CC1. The van der Waals surface area contributed by atoms with Crippen molar-refractivity contribution < 1.29 is 4.79 Å². The third kappa shape index (κ3) is 3.74. The predicted octanol–water partition coefficient (Wildman–Crippen LogP) is 4.44. The molecule has 4 rings (SSSR count). The van der Waals surface area contributed by atoms with Gasteiger partial charge in [0.25, 0.3) is 5.91 Å². The van der Waals surface area contributed by atoms with Gasteiger partial charge in [0.05, 0.1) is 0 Å². The van der Waals surface area contributed by atoms with E-state index in [-0.39, 0.29) is 18.3 Å². The van der Waals surface area contributed by atoms with Gasteiger partial charge in [-0.15, -0.1) is 12.4 Å². The van der Waals surface area contributed by atoms with Gasteiger partial charge in [-0.2, -0.15) is 0 Å². The van der Waals surface area contributed by atoms with Crippen LogP contribution in [0.15, 0.2) is 72.8 Å². The number of hydrogen-bond acceptors (Lipinski definition) is 2. The molecular weight excluding hydrogens is 344 g/mol. The van der Waals surface area contributed by atoms with Crippen LogP contribution in [0, 0.1) is 0 Å². The molecule has 26 heavy (non-hydrogen) atoms. The van der Waals surface area contributed by atoms with Crippen molar-refractivity contribution in [3.8, 4) is 0 Å². The first kappa shape index (κ1) is 18.4. The lowest BCUT2D eigenvalue weighted by molar-refractivity contribution is 0.0767. The highest BCUT2D eigenvalue weighted by Crippen LogP contribution is 2.23. The second-order valence-corrected chi connectivity index (χ2v) is 6.52. The molecule has 0 aliphatic carbocycles. The zero-order chi connectivity index (χ0) is 17.1. The first-order chi connectivity index (χ1) is 12.3. The Bertz CT molecular complexity index is 876. The highest BCUT2D eigenvalue weighted by atomic mass is 35.5. The third-order valence-corrected chi connectivity index (χ3v) is 4.97. The van der Waals surface area contributed by atoms with Crippen LogP contribution in [-0.4, -0.2) is 30.4 Å². The standard InChI is InChI=1S/C22H22N2O.ClH/c25-22(20-12-6-10-17-7-4-5-11-19(17)20)24-15-13-21(23-14-16-24)18-8-2-1-3-9-18;/h1-12,21,23H,13-16H2;1H. The molecule has 1 aliphatic rings. The molecular formula is C22H23ClN2O. The summed E-state index contributed by atoms with van der Waals surface area (Å²) in [6.07, 6.45) is 0.931. The number of nitrogens with zero attached hydrogens (tertiary/aromatic N) is 1. The van der Waals surface area contributed by atoms with Crippen LogP contribution in [0.3, 0.4) is 0 Å². The molecule has 1 N–H and O–H groups in total. The van der Waals surface area contributed by atoms with Gasteiger partial charge in [0, 0.05) is 31.2 Å². The first-order valence-corrected chi connectivity index (χ1v) is 8.88. The van der Waals surface area contributed by atoms with E-state index in [0.717, 1.165) is 42.4 Å². The maximum Gasteiger partial charge on any atom is 0.254 e. The van der Waals surface area contributed by atoms with Crippen molar-refractivity contribution in [2.75, 3.05) is 19.6 Å². The summed E-state index contributed by atoms with van der Waals surface area (Å²) < 4.78 is 0. The summed E-state index contributed by atoms with van der Waals surface area (Å²) in [5, 5.41) is 5.73. The minimum atomic E-state index is 0. The lowest BCUT2D eigenvalue weighted by Crippen LogP contribution is -2.34. The molecule has 1 aliphatic heterocycles. The number of amides is 1. The van der Waals surface area contributed by atoms with Crippen molar-refractivity contribution >= 4 is 29.1 Å². The smallest absolute Gasteiger partial charge is 0.254 e. The Morgan fingerprint density at radius 3 is 2.46 bits per heavy atom. The molecule has 0 saturated carbocycles. The molecule has 3 aromatic rings. The molecule has 1 amide bonds. The van der Waals surface area contributed by atoms with Gasteiger partial charge in [-0.25, -0.2) is 0 Å². The van der Waals surface area contributed by atoms with E-state index in [1.54, 1.807) is 0 Å². The van der Waals surface area contributed by atoms with E-state index in [9.17, 15) is 4.79 Å². The van der Waals surface area contributed by atoms with Crippen molar-refractivity contribution in [1.29, 1.82) is 0 Å². The van der Waals surface area contributed by atoms with Gasteiger partial charge in [-0.1, -0.05) is 66.7 Å². The highest BCUT2D eigenvalue weighted by Gasteiger charge is 2.22. The fraction of sp³-hybridized carbons (Fsp3) is 0.227. The van der Waals surface area contributed by atoms with Crippen LogP contribution in [0.5, 0.6) is 0 Å². The van der Waals surface area contributed by atoms with Crippen LogP contribution in [0.4, 0.5) is 0 Å². The van der Waals surface area contributed by atoms with Gasteiger partial charge in [0.15, 0.2) is 0 Å². The Hall–Kier alpha value is -2.36. The summed E-state index contributed by atoms with van der Waals surface area (Å²) in [4.78, 5) is 15.1. The topological polar surface area (TPSA) is 32.3 Å². The van der Waals surface area contributed by atoms with Gasteiger partial charge < -0.3 is 10.2 Å². The monoisotopic (exact) mass is 366 g/mol. The normalized spacial score (nSPS) is 17.4. The zero-order valence-corrected chi connectivity index (χ0v) is 15.4. The van der Waals surface area contributed by atoms with E-state index in [0.29, 0.717) is 6.04 Å². The molecule has 3 nitrogen and oxygen atoms in total. The van der Waals surface area contributed by atoms with Crippen molar-refractivity contribution in [3.05, 3.63) is 83.9 Å². The summed E-state index contributed by atoms with van der Waals surface area (Å²) in [7, 11) is 0. The van der Waals surface area contributed by atoms with Crippen LogP contribution in [0.2, 0.25) is 0 Å². The molecule has 134 valence electrons. The van der Waals surface area contributed by atoms with Crippen LogP contribution in [-0.2, 0) is 0 Å². The molecule has 1 saturated heterocycles. The molecule has 0 bridgehead atoms. The van der Waals surface area contributed by atoms with Crippen molar-refractivity contribution in [3.63, 3.8) is 0 Å². The average molecular weight is 367 g/mol. The second kappa shape index (κ2) is 8.35. The van der Waals surface area contributed by atoms with Crippen LogP contribution >= 0.6 is 12.4 Å². The number of nitrogens with one attached hydrogen (secondary N) is 1. The Labute approximate surface area is 160 Å². The fourth-order valence-corrected chi connectivity index (χ4v) is 3.63. The number of halogens is 1. The minimum absolute atomic E-state index is 0. The quantitative estimate of drug-likeness (QED) is 0.727. The molecule has 0 aromatic heterocycles. The number of hydrogen-bond donors (Lipinski definition) is 1. The van der Waals surface area contributed by atoms with E-state index in [2.05, 4.69) is 41.7 Å². The van der Waals surface area contributed by atoms with Crippen LogP contribution < -0.4 is 5.32 Å². The molecule has 1 atom stereocenters. The maximum atomic E-state index is 13.1. The molecule has 1 heterocycles. The van der Waals surface area contributed by atoms with Crippen LogP contribution in [0.1, 0.15) is 28.4 Å². The molecule has 4 heteroatoms. The maximum absolute atomic E-state index is 13.1. The largest absolute Gasteiger partial charge is 0.337 e. The molecule has 1 fully saturated rings. The lowest BCUT2D eigenvalue weighted by atomic mass is 10.0. The van der Waals surface area contributed by atoms with Gasteiger partial charge in [0.1, 0.15) is 0 Å². The molecule has 3 aromatic carbocycles. The van der Waals surface area contributed by atoms with E-state index in [4.69, 9.17) is 0 Å². The highest BCUT2D eigenvalue weighted by molar-refractivity contribution is 6.07. The lowest BCUT2D eigenvalue weighted by Gasteiger charge is -2.21. The van der Waals surface area contributed by atoms with E-state index in [1.165, 1.54) is 5.56 Å². The van der Waals surface area contributed by atoms with Crippen molar-refractivity contribution in [2.45, 2.75) is 12.5 Å². The Morgan fingerprint density at radius 2 is 1.62 bits per heavy atom. The van der Waals surface area contributed by atoms with Gasteiger partial charge in [0.2, 0.25) is 0 Å². The summed E-state index contributed by atoms with van der Waals surface area (Å²) in [6, 6.07) is 24.9. The van der Waals surface area contributed by atoms with Crippen LogP contribution in [0.25, 0.3) is 10.8 Å². The van der Waals surface area contributed by atoms with Gasteiger partial charge in [-0.05, 0) is 28.8 Å². The second-order valence-electron chi connectivity index (χ2n) is 6.52. The van der Waals surface area contributed by atoms with E-state index in [1.807, 2.05) is 41.3 Å². The Balaban J connectivity index is 0.00000196. The summed E-state index contributed by atoms with van der Waals surface area (Å²) in [6.45, 7) is 2.33. The Morgan fingerprint density at radius 1 is 0.885 bits per heavy atom. The average Bonchev–Trinajstić information content (AvgIpc) is 2.94.